The average Bonchev–Trinajstić information content (AvgIpc) is 2.73. The van der Waals surface area contributed by atoms with Crippen LogP contribution in [0.1, 0.15) is 12.6 Å². The van der Waals surface area contributed by atoms with Gasteiger partial charge in [0.05, 0.1) is 35.7 Å². The molecule has 3 aromatic heterocycles. The maximum absolute atomic E-state index is 12.4. The summed E-state index contributed by atoms with van der Waals surface area (Å²) in [6.45, 7) is 4.25. The van der Waals surface area contributed by atoms with Gasteiger partial charge in [0.15, 0.2) is 0 Å². The van der Waals surface area contributed by atoms with E-state index >= 15 is 0 Å². The molecule has 1 fully saturated rings. The van der Waals surface area contributed by atoms with Crippen LogP contribution in [-0.4, -0.2) is 51.8 Å². The summed E-state index contributed by atoms with van der Waals surface area (Å²) in [5.74, 6) is 0.105. The molecule has 0 aliphatic carbocycles. The Morgan fingerprint density at radius 3 is 3.00 bits per heavy atom. The lowest BCUT2D eigenvalue weighted by Gasteiger charge is -2.32. The lowest BCUT2D eigenvalue weighted by molar-refractivity contribution is -0.131. The van der Waals surface area contributed by atoms with Crippen LogP contribution in [0.2, 0.25) is 0 Å². The predicted octanol–water partition coefficient (Wildman–Crippen LogP) is 2.38. The molecular formula is C21H21N5O4. The molecule has 0 spiro atoms. The van der Waals surface area contributed by atoms with Gasteiger partial charge in [0.2, 0.25) is 0 Å². The zero-order valence-electron chi connectivity index (χ0n) is 16.3. The summed E-state index contributed by atoms with van der Waals surface area (Å²) < 4.78 is 5.57. The molecule has 1 saturated heterocycles. The Kier molecular flexibility index (Phi) is 5.44. The molecule has 30 heavy (non-hydrogen) atoms. The van der Waals surface area contributed by atoms with Crippen LogP contribution in [0.4, 0.5) is 17.3 Å². The highest BCUT2D eigenvalue weighted by Crippen LogP contribution is 2.24. The number of hydrogen-bond acceptors (Lipinski definition) is 7. The van der Waals surface area contributed by atoms with E-state index < -0.39 is 5.97 Å². The van der Waals surface area contributed by atoms with Crippen LogP contribution in [0.25, 0.3) is 16.8 Å². The van der Waals surface area contributed by atoms with Crippen LogP contribution in [0, 0.1) is 0 Å². The molecule has 0 aromatic carbocycles. The number of carboxylic acids is 1. The van der Waals surface area contributed by atoms with E-state index in [0.29, 0.717) is 34.6 Å². The summed E-state index contributed by atoms with van der Waals surface area (Å²) in [5, 5.41) is 13.0. The summed E-state index contributed by atoms with van der Waals surface area (Å²) in [4.78, 5) is 37.0. The highest BCUT2D eigenvalue weighted by Gasteiger charge is 2.18. The van der Waals surface area contributed by atoms with Crippen molar-refractivity contribution in [2.45, 2.75) is 13.0 Å². The van der Waals surface area contributed by atoms with Gasteiger partial charge >= 0.3 is 5.97 Å². The Morgan fingerprint density at radius 1 is 1.40 bits per heavy atom. The third-order valence-corrected chi connectivity index (χ3v) is 4.75. The Labute approximate surface area is 172 Å². The van der Waals surface area contributed by atoms with E-state index in [-0.39, 0.29) is 11.7 Å². The first kappa shape index (κ1) is 19.6. The highest BCUT2D eigenvalue weighted by molar-refractivity contribution is 5.94. The van der Waals surface area contributed by atoms with Crippen molar-refractivity contribution in [1.82, 2.24) is 15.0 Å². The van der Waals surface area contributed by atoms with Crippen molar-refractivity contribution >= 4 is 40.1 Å². The van der Waals surface area contributed by atoms with Gasteiger partial charge in [-0.25, -0.2) is 14.8 Å². The summed E-state index contributed by atoms with van der Waals surface area (Å²) in [6.07, 6.45) is 5.76. The Morgan fingerprint density at radius 2 is 2.27 bits per heavy atom. The molecule has 4 heterocycles. The number of nitrogens with zero attached hydrogens (tertiary/aromatic N) is 3. The van der Waals surface area contributed by atoms with Crippen molar-refractivity contribution in [2.24, 2.45) is 0 Å². The normalized spacial score (nSPS) is 16.8. The number of aliphatic carboxylic acids is 1. The van der Waals surface area contributed by atoms with Crippen LogP contribution in [0.5, 0.6) is 0 Å². The molecule has 9 heteroatoms. The summed E-state index contributed by atoms with van der Waals surface area (Å²) in [6, 6.07) is 7.17. The van der Waals surface area contributed by atoms with E-state index in [1.165, 1.54) is 6.08 Å². The molecule has 0 unspecified atom stereocenters. The first-order chi connectivity index (χ1) is 14.5. The largest absolute Gasteiger partial charge is 0.478 e. The number of morpholine rings is 1. The monoisotopic (exact) mass is 407 g/mol. The minimum absolute atomic E-state index is 0.155. The van der Waals surface area contributed by atoms with Crippen LogP contribution < -0.4 is 15.8 Å². The number of carboxylic acid groups (broad SMARTS) is 1. The SMILES string of the molecule is C[C@@H]1CN(c2ccc(Nc3nc(C=CC(=O)O)cc4cc[nH]c(=O)c34)cn2)CCO1. The van der Waals surface area contributed by atoms with Crippen LogP contribution in [-0.2, 0) is 9.53 Å². The summed E-state index contributed by atoms with van der Waals surface area (Å²) >= 11 is 0. The molecule has 1 aliphatic heterocycles. The average molecular weight is 407 g/mol. The van der Waals surface area contributed by atoms with Crippen LogP contribution in [0.3, 0.4) is 0 Å². The number of nitrogens with one attached hydrogen (secondary N) is 2. The summed E-state index contributed by atoms with van der Waals surface area (Å²) in [5.41, 5.74) is 0.796. The molecule has 154 valence electrons. The number of anilines is 3. The van der Waals surface area contributed by atoms with Crippen molar-refractivity contribution < 1.29 is 14.6 Å². The number of hydrogen-bond donors (Lipinski definition) is 3. The molecule has 1 aliphatic rings. The standard InChI is InChI=1S/C21H21N5O4/c1-13-12-26(8-9-30-13)17-4-2-16(11-23-17)25-20-19-14(6-7-22-21(19)29)10-15(24-20)3-5-18(27)28/h2-7,10-11,13H,8-9,12H2,1H3,(H,22,29)(H,24,25)(H,27,28)/t13-/m1/s1. The minimum atomic E-state index is -1.07. The zero-order valence-corrected chi connectivity index (χ0v) is 16.3. The number of ether oxygens (including phenoxy) is 1. The van der Waals surface area contributed by atoms with E-state index in [2.05, 4.69) is 25.2 Å². The zero-order chi connectivity index (χ0) is 21.1. The second-order valence-electron chi connectivity index (χ2n) is 7.00. The number of pyridine rings is 3. The Balaban J connectivity index is 1.65. The van der Waals surface area contributed by atoms with Gasteiger partial charge in [0.25, 0.3) is 5.56 Å². The molecule has 3 aromatic rings. The van der Waals surface area contributed by atoms with Crippen molar-refractivity contribution in [2.75, 3.05) is 29.9 Å². The quantitative estimate of drug-likeness (QED) is 0.552. The van der Waals surface area contributed by atoms with Crippen LogP contribution in [0.15, 0.2) is 47.5 Å². The van der Waals surface area contributed by atoms with E-state index in [9.17, 15) is 9.59 Å². The van der Waals surface area contributed by atoms with Crippen LogP contribution >= 0.6 is 0 Å². The van der Waals surface area contributed by atoms with Gasteiger partial charge in [-0.1, -0.05) is 0 Å². The van der Waals surface area contributed by atoms with Gasteiger partial charge in [-0.2, -0.15) is 0 Å². The van der Waals surface area contributed by atoms with Gasteiger partial charge in [-0.05, 0) is 42.7 Å². The fourth-order valence-electron chi connectivity index (χ4n) is 3.38. The maximum atomic E-state index is 12.4. The molecule has 1 atom stereocenters. The van der Waals surface area contributed by atoms with Gasteiger partial charge in [0, 0.05) is 25.4 Å². The lowest BCUT2D eigenvalue weighted by atomic mass is 10.1. The first-order valence-electron chi connectivity index (χ1n) is 9.52. The third kappa shape index (κ3) is 4.31. The van der Waals surface area contributed by atoms with E-state index in [4.69, 9.17) is 9.84 Å². The fraction of sp³-hybridized carbons (Fsp3) is 0.238. The number of rotatable bonds is 5. The maximum Gasteiger partial charge on any atom is 0.328 e. The lowest BCUT2D eigenvalue weighted by Crippen LogP contribution is -2.41. The van der Waals surface area contributed by atoms with Gasteiger partial charge in [-0.15, -0.1) is 0 Å². The number of H-pyrrole nitrogens is 1. The van der Waals surface area contributed by atoms with Gasteiger partial charge in [-0.3, -0.25) is 4.79 Å². The van der Waals surface area contributed by atoms with Gasteiger partial charge in [0.1, 0.15) is 11.6 Å². The number of fused-ring (bicyclic) bond motifs is 1. The second kappa shape index (κ2) is 8.34. The molecule has 0 radical (unpaired) electrons. The molecule has 3 N–H and O–H groups in total. The molecule has 0 saturated carbocycles. The highest BCUT2D eigenvalue weighted by atomic mass is 16.5. The Bertz CT molecular complexity index is 1160. The second-order valence-corrected chi connectivity index (χ2v) is 7.00. The molecule has 0 amide bonds. The fourth-order valence-corrected chi connectivity index (χ4v) is 3.38. The third-order valence-electron chi connectivity index (χ3n) is 4.75. The van der Waals surface area contributed by atoms with Crippen molar-refractivity contribution in [3.8, 4) is 0 Å². The number of aromatic amines is 1. The molecule has 4 rings (SSSR count). The minimum Gasteiger partial charge on any atom is -0.478 e. The molecule has 9 nitrogen and oxygen atoms in total. The topological polar surface area (TPSA) is 120 Å². The molecule has 0 bridgehead atoms. The van der Waals surface area contributed by atoms with Crippen molar-refractivity contribution in [3.05, 3.63) is 58.8 Å². The van der Waals surface area contributed by atoms with Crippen molar-refractivity contribution in [1.29, 1.82) is 0 Å². The van der Waals surface area contributed by atoms with Crippen molar-refractivity contribution in [3.63, 3.8) is 0 Å². The van der Waals surface area contributed by atoms with E-state index in [0.717, 1.165) is 25.0 Å². The number of carbonyl (C=O) groups is 1. The van der Waals surface area contributed by atoms with E-state index in [1.54, 1.807) is 24.5 Å². The van der Waals surface area contributed by atoms with Gasteiger partial charge < -0.3 is 25.0 Å². The Hall–Kier alpha value is -3.72. The summed E-state index contributed by atoms with van der Waals surface area (Å²) in [7, 11) is 0. The van der Waals surface area contributed by atoms with E-state index in [1.807, 2.05) is 19.1 Å². The first-order valence-corrected chi connectivity index (χ1v) is 9.52. The molecular weight excluding hydrogens is 386 g/mol. The smallest absolute Gasteiger partial charge is 0.328 e. The predicted molar refractivity (Wildman–Crippen MR) is 114 cm³/mol. The number of aromatic nitrogens is 3.